The molecule has 1 N–H and O–H groups in total. The van der Waals surface area contributed by atoms with Crippen molar-refractivity contribution in [2.45, 2.75) is 25.6 Å². The first kappa shape index (κ1) is 11.9. The molecule has 0 aliphatic rings. The number of hydrogen-bond acceptors (Lipinski definition) is 4. The van der Waals surface area contributed by atoms with E-state index in [1.807, 2.05) is 6.92 Å². The summed E-state index contributed by atoms with van der Waals surface area (Å²) >= 11 is 5.99. The van der Waals surface area contributed by atoms with Gasteiger partial charge in [0.05, 0.1) is 5.38 Å². The number of aromatic nitrogens is 3. The van der Waals surface area contributed by atoms with Crippen molar-refractivity contribution in [3.8, 4) is 11.5 Å². The second kappa shape index (κ2) is 4.71. The van der Waals surface area contributed by atoms with Crippen molar-refractivity contribution in [2.75, 3.05) is 0 Å². The molecule has 0 aromatic carbocycles. The van der Waals surface area contributed by atoms with Crippen LogP contribution in [0, 0.1) is 6.92 Å². The summed E-state index contributed by atoms with van der Waals surface area (Å²) in [6, 6.07) is 1.48. The summed E-state index contributed by atoms with van der Waals surface area (Å²) in [4.78, 5) is 18.8. The molecule has 6 heteroatoms. The molecule has 0 bridgehead atoms. The van der Waals surface area contributed by atoms with E-state index in [1.165, 1.54) is 6.07 Å². The maximum atomic E-state index is 11.7. The predicted octanol–water partition coefficient (Wildman–Crippen LogP) is 2.42. The Labute approximate surface area is 103 Å². The number of H-pyrrole nitrogens is 1. The molecule has 0 radical (unpaired) electrons. The Morgan fingerprint density at radius 3 is 3.00 bits per heavy atom. The molecule has 90 valence electrons. The van der Waals surface area contributed by atoms with E-state index in [-0.39, 0.29) is 16.7 Å². The highest BCUT2D eigenvalue weighted by Crippen LogP contribution is 2.22. The van der Waals surface area contributed by atoms with Crippen LogP contribution in [0.3, 0.4) is 0 Å². The first-order chi connectivity index (χ1) is 8.11. The number of hydrogen-bond donors (Lipinski definition) is 1. The van der Waals surface area contributed by atoms with Gasteiger partial charge in [-0.3, -0.25) is 4.79 Å². The highest BCUT2D eigenvalue weighted by molar-refractivity contribution is 6.20. The lowest BCUT2D eigenvalue weighted by Gasteiger charge is -1.96. The first-order valence-corrected chi connectivity index (χ1v) is 5.73. The SMILES string of the molecule is CCC(Cl)c1noc(-c2c[nH]c(C)cc2=O)n1. The predicted molar refractivity (Wildman–Crippen MR) is 64.0 cm³/mol. The van der Waals surface area contributed by atoms with Crippen molar-refractivity contribution < 1.29 is 4.52 Å². The Kier molecular flexibility index (Phi) is 3.28. The second-order valence-corrected chi connectivity index (χ2v) is 4.25. The van der Waals surface area contributed by atoms with Crippen LogP contribution in [0.1, 0.15) is 30.2 Å². The average Bonchev–Trinajstić information content (AvgIpc) is 2.77. The smallest absolute Gasteiger partial charge is 0.263 e. The van der Waals surface area contributed by atoms with Crippen LogP contribution in [0.2, 0.25) is 0 Å². The van der Waals surface area contributed by atoms with Crippen LogP contribution in [-0.2, 0) is 0 Å². The van der Waals surface area contributed by atoms with Crippen LogP contribution in [0.25, 0.3) is 11.5 Å². The summed E-state index contributed by atoms with van der Waals surface area (Å²) in [6.45, 7) is 3.72. The van der Waals surface area contributed by atoms with Crippen molar-refractivity contribution in [3.63, 3.8) is 0 Å². The van der Waals surface area contributed by atoms with Gasteiger partial charge < -0.3 is 9.51 Å². The van der Waals surface area contributed by atoms with Gasteiger partial charge in [0.15, 0.2) is 11.3 Å². The zero-order chi connectivity index (χ0) is 12.4. The minimum absolute atomic E-state index is 0.154. The van der Waals surface area contributed by atoms with E-state index >= 15 is 0 Å². The molecule has 2 heterocycles. The Bertz CT molecular complexity index is 576. The summed E-state index contributed by atoms with van der Waals surface area (Å²) in [7, 11) is 0. The number of alkyl halides is 1. The van der Waals surface area contributed by atoms with Crippen LogP contribution in [-0.4, -0.2) is 15.1 Å². The lowest BCUT2D eigenvalue weighted by molar-refractivity contribution is 0.421. The fourth-order valence-corrected chi connectivity index (χ4v) is 1.48. The Balaban J connectivity index is 2.40. The molecular weight excluding hydrogens is 242 g/mol. The molecule has 0 aliphatic heterocycles. The van der Waals surface area contributed by atoms with Crippen LogP contribution < -0.4 is 5.43 Å². The molecule has 5 nitrogen and oxygen atoms in total. The molecule has 0 spiro atoms. The largest absolute Gasteiger partial charge is 0.364 e. The number of nitrogens with one attached hydrogen (secondary N) is 1. The molecule has 0 saturated heterocycles. The van der Waals surface area contributed by atoms with Gasteiger partial charge in [-0.25, -0.2) is 0 Å². The van der Waals surface area contributed by atoms with Crippen LogP contribution in [0.5, 0.6) is 0 Å². The number of pyridine rings is 1. The van der Waals surface area contributed by atoms with Crippen molar-refractivity contribution in [1.29, 1.82) is 0 Å². The molecule has 0 fully saturated rings. The standard InChI is InChI=1S/C11H12ClN3O2/c1-3-8(12)10-14-11(17-15-10)7-5-13-6(2)4-9(7)16/h4-5,8H,3H2,1-2H3,(H,13,16). The summed E-state index contributed by atoms with van der Waals surface area (Å²) in [5.41, 5.74) is 0.982. The molecule has 2 rings (SSSR count). The van der Waals surface area contributed by atoms with Gasteiger partial charge in [0, 0.05) is 18.0 Å². The zero-order valence-corrected chi connectivity index (χ0v) is 10.3. The van der Waals surface area contributed by atoms with Gasteiger partial charge in [-0.05, 0) is 13.3 Å². The number of rotatable bonds is 3. The first-order valence-electron chi connectivity index (χ1n) is 5.29. The van der Waals surface area contributed by atoms with E-state index in [0.29, 0.717) is 17.8 Å². The van der Waals surface area contributed by atoms with E-state index in [4.69, 9.17) is 16.1 Å². The fraction of sp³-hybridized carbons (Fsp3) is 0.364. The van der Waals surface area contributed by atoms with Gasteiger partial charge in [0.1, 0.15) is 5.56 Å². The van der Waals surface area contributed by atoms with Crippen LogP contribution >= 0.6 is 11.6 Å². The third kappa shape index (κ3) is 2.39. The molecule has 0 aliphatic carbocycles. The number of aromatic amines is 1. The van der Waals surface area contributed by atoms with Crippen LogP contribution in [0.15, 0.2) is 21.6 Å². The van der Waals surface area contributed by atoms with Gasteiger partial charge in [0.25, 0.3) is 5.89 Å². The molecule has 2 aromatic heterocycles. The molecule has 17 heavy (non-hydrogen) atoms. The molecule has 1 unspecified atom stereocenters. The maximum absolute atomic E-state index is 11.7. The lowest BCUT2D eigenvalue weighted by Crippen LogP contribution is -2.05. The third-order valence-corrected chi connectivity index (χ3v) is 2.87. The van der Waals surface area contributed by atoms with Crippen molar-refractivity contribution >= 4 is 11.6 Å². The lowest BCUT2D eigenvalue weighted by atomic mass is 10.2. The van der Waals surface area contributed by atoms with E-state index in [2.05, 4.69) is 15.1 Å². The average molecular weight is 254 g/mol. The van der Waals surface area contributed by atoms with E-state index in [0.717, 1.165) is 5.69 Å². The van der Waals surface area contributed by atoms with E-state index in [9.17, 15) is 4.79 Å². The monoisotopic (exact) mass is 253 g/mol. The minimum Gasteiger partial charge on any atom is -0.364 e. The fourth-order valence-electron chi connectivity index (χ4n) is 1.39. The number of aryl methyl sites for hydroxylation is 1. The molecule has 0 saturated carbocycles. The van der Waals surface area contributed by atoms with Gasteiger partial charge in [-0.15, -0.1) is 11.6 Å². The summed E-state index contributed by atoms with van der Waals surface area (Å²) in [5.74, 6) is 0.601. The normalized spacial score (nSPS) is 12.6. The van der Waals surface area contributed by atoms with Gasteiger partial charge in [0.2, 0.25) is 0 Å². The molecular formula is C11H12ClN3O2. The van der Waals surface area contributed by atoms with Crippen LogP contribution in [0.4, 0.5) is 0 Å². The zero-order valence-electron chi connectivity index (χ0n) is 9.53. The highest BCUT2D eigenvalue weighted by Gasteiger charge is 2.16. The van der Waals surface area contributed by atoms with Crippen molar-refractivity contribution in [3.05, 3.63) is 34.0 Å². The quantitative estimate of drug-likeness (QED) is 0.853. The van der Waals surface area contributed by atoms with Gasteiger partial charge in [-0.2, -0.15) is 4.98 Å². The molecule has 1 atom stereocenters. The Hall–Kier alpha value is -1.62. The van der Waals surface area contributed by atoms with Crippen molar-refractivity contribution in [2.24, 2.45) is 0 Å². The van der Waals surface area contributed by atoms with E-state index < -0.39 is 0 Å². The van der Waals surface area contributed by atoms with Gasteiger partial charge in [-0.1, -0.05) is 12.1 Å². The third-order valence-electron chi connectivity index (χ3n) is 2.37. The summed E-state index contributed by atoms with van der Waals surface area (Å²) in [5, 5.41) is 3.46. The Morgan fingerprint density at radius 2 is 2.35 bits per heavy atom. The molecule has 2 aromatic rings. The highest BCUT2D eigenvalue weighted by atomic mass is 35.5. The summed E-state index contributed by atoms with van der Waals surface area (Å²) < 4.78 is 5.03. The molecule has 0 amide bonds. The Morgan fingerprint density at radius 1 is 1.59 bits per heavy atom. The number of halogens is 1. The second-order valence-electron chi connectivity index (χ2n) is 3.73. The number of nitrogens with zero attached hydrogens (tertiary/aromatic N) is 2. The van der Waals surface area contributed by atoms with E-state index in [1.54, 1.807) is 13.1 Å². The van der Waals surface area contributed by atoms with Crippen molar-refractivity contribution in [1.82, 2.24) is 15.1 Å². The maximum Gasteiger partial charge on any atom is 0.263 e. The summed E-state index contributed by atoms with van der Waals surface area (Å²) in [6.07, 6.45) is 2.26. The topological polar surface area (TPSA) is 71.8 Å². The van der Waals surface area contributed by atoms with Gasteiger partial charge >= 0.3 is 0 Å². The minimum atomic E-state index is -0.294.